The Balaban J connectivity index is 2.97. The van der Waals surface area contributed by atoms with Crippen molar-refractivity contribution in [2.24, 2.45) is 0 Å². The molecule has 0 aromatic rings. The van der Waals surface area contributed by atoms with Crippen molar-refractivity contribution in [3.05, 3.63) is 12.7 Å². The van der Waals surface area contributed by atoms with Gasteiger partial charge in [-0.05, 0) is 19.3 Å². The van der Waals surface area contributed by atoms with Gasteiger partial charge < -0.3 is 0 Å². The quantitative estimate of drug-likeness (QED) is 0.495. The van der Waals surface area contributed by atoms with Crippen molar-refractivity contribution >= 4 is 0 Å². The molecule has 0 aromatic carbocycles. The van der Waals surface area contributed by atoms with Crippen molar-refractivity contribution < 1.29 is 4.39 Å². The first kappa shape index (κ1) is 7.67. The predicted octanol–water partition coefficient (Wildman–Crippen LogP) is 2.70. The SMILES string of the molecule is C=CCCC(F)CC. The zero-order valence-electron chi connectivity index (χ0n) is 5.36. The van der Waals surface area contributed by atoms with Crippen molar-refractivity contribution in [2.75, 3.05) is 0 Å². The molecule has 1 heteroatoms. The van der Waals surface area contributed by atoms with Crippen LogP contribution in [0.4, 0.5) is 4.39 Å². The Morgan fingerprint density at radius 2 is 2.38 bits per heavy atom. The van der Waals surface area contributed by atoms with E-state index in [0.717, 1.165) is 6.42 Å². The van der Waals surface area contributed by atoms with Crippen molar-refractivity contribution in [3.8, 4) is 0 Å². The first-order valence-corrected chi connectivity index (χ1v) is 3.06. The third-order valence-electron chi connectivity index (χ3n) is 1.13. The second-order valence-corrected chi connectivity index (χ2v) is 1.87. The van der Waals surface area contributed by atoms with E-state index >= 15 is 0 Å². The molecule has 0 N–H and O–H groups in total. The Morgan fingerprint density at radius 1 is 1.75 bits per heavy atom. The first-order valence-electron chi connectivity index (χ1n) is 3.06. The lowest BCUT2D eigenvalue weighted by Gasteiger charge is -1.99. The fraction of sp³-hybridized carbons (Fsp3) is 0.714. The molecule has 0 fully saturated rings. The van der Waals surface area contributed by atoms with E-state index in [-0.39, 0.29) is 0 Å². The molecule has 0 saturated heterocycles. The zero-order chi connectivity index (χ0) is 6.41. The van der Waals surface area contributed by atoms with Gasteiger partial charge in [-0.1, -0.05) is 13.0 Å². The largest absolute Gasteiger partial charge is 0.247 e. The van der Waals surface area contributed by atoms with E-state index < -0.39 is 6.17 Å². The van der Waals surface area contributed by atoms with E-state index in [4.69, 9.17) is 0 Å². The van der Waals surface area contributed by atoms with Gasteiger partial charge in [0.2, 0.25) is 0 Å². The predicted molar refractivity (Wildman–Crippen MR) is 34.6 cm³/mol. The van der Waals surface area contributed by atoms with E-state index in [0.29, 0.717) is 12.8 Å². The molecule has 1 atom stereocenters. The van der Waals surface area contributed by atoms with E-state index in [2.05, 4.69) is 6.58 Å². The molecule has 8 heavy (non-hydrogen) atoms. The molecule has 0 saturated carbocycles. The summed E-state index contributed by atoms with van der Waals surface area (Å²) in [7, 11) is 0. The van der Waals surface area contributed by atoms with Gasteiger partial charge >= 0.3 is 0 Å². The van der Waals surface area contributed by atoms with Crippen LogP contribution in [-0.2, 0) is 0 Å². The molecule has 0 spiro atoms. The van der Waals surface area contributed by atoms with Crippen LogP contribution >= 0.6 is 0 Å². The van der Waals surface area contributed by atoms with E-state index in [1.54, 1.807) is 6.08 Å². The molecule has 0 bridgehead atoms. The summed E-state index contributed by atoms with van der Waals surface area (Å²) in [5.41, 5.74) is 0. The van der Waals surface area contributed by atoms with Gasteiger partial charge in [0.25, 0.3) is 0 Å². The highest BCUT2D eigenvalue weighted by Crippen LogP contribution is 2.04. The van der Waals surface area contributed by atoms with Gasteiger partial charge in [0.05, 0.1) is 0 Å². The maximum Gasteiger partial charge on any atom is 0.100 e. The van der Waals surface area contributed by atoms with Gasteiger partial charge in [0.1, 0.15) is 6.17 Å². The number of alkyl halides is 1. The Labute approximate surface area is 50.4 Å². The maximum atomic E-state index is 12.3. The Bertz CT molecular complexity index is 59.4. The van der Waals surface area contributed by atoms with Crippen LogP contribution in [0.15, 0.2) is 12.7 Å². The lowest BCUT2D eigenvalue weighted by atomic mass is 10.2. The monoisotopic (exact) mass is 116 g/mol. The minimum Gasteiger partial charge on any atom is -0.247 e. The van der Waals surface area contributed by atoms with Gasteiger partial charge in [-0.3, -0.25) is 0 Å². The minimum absolute atomic E-state index is 0.618. The van der Waals surface area contributed by atoms with Crippen LogP contribution in [-0.4, -0.2) is 6.17 Å². The van der Waals surface area contributed by atoms with Crippen LogP contribution in [0.3, 0.4) is 0 Å². The van der Waals surface area contributed by atoms with Gasteiger partial charge in [0.15, 0.2) is 0 Å². The summed E-state index contributed by atoms with van der Waals surface area (Å²) in [5.74, 6) is 0. The summed E-state index contributed by atoms with van der Waals surface area (Å²) in [6.07, 6.45) is 3.21. The van der Waals surface area contributed by atoms with Crippen molar-refractivity contribution in [1.82, 2.24) is 0 Å². The smallest absolute Gasteiger partial charge is 0.100 e. The van der Waals surface area contributed by atoms with Crippen LogP contribution < -0.4 is 0 Å². The van der Waals surface area contributed by atoms with Crippen LogP contribution in [0.5, 0.6) is 0 Å². The lowest BCUT2D eigenvalue weighted by molar-refractivity contribution is 0.308. The number of allylic oxidation sites excluding steroid dienone is 1. The maximum absolute atomic E-state index is 12.3. The van der Waals surface area contributed by atoms with E-state index in [9.17, 15) is 4.39 Å². The summed E-state index contributed by atoms with van der Waals surface area (Å²) in [6.45, 7) is 5.36. The molecule has 0 rings (SSSR count). The molecule has 0 aliphatic carbocycles. The van der Waals surface area contributed by atoms with Crippen molar-refractivity contribution in [3.63, 3.8) is 0 Å². The fourth-order valence-corrected chi connectivity index (χ4v) is 0.503. The highest BCUT2D eigenvalue weighted by Gasteiger charge is 1.98. The van der Waals surface area contributed by atoms with Crippen LogP contribution in [0.1, 0.15) is 26.2 Å². The molecule has 0 aliphatic rings. The third-order valence-corrected chi connectivity index (χ3v) is 1.13. The highest BCUT2D eigenvalue weighted by molar-refractivity contribution is 4.68. The zero-order valence-corrected chi connectivity index (χ0v) is 5.36. The molecule has 0 amide bonds. The van der Waals surface area contributed by atoms with E-state index in [1.807, 2.05) is 6.92 Å². The Morgan fingerprint density at radius 3 is 2.75 bits per heavy atom. The van der Waals surface area contributed by atoms with E-state index in [1.165, 1.54) is 0 Å². The molecule has 48 valence electrons. The van der Waals surface area contributed by atoms with Gasteiger partial charge in [0, 0.05) is 0 Å². The topological polar surface area (TPSA) is 0 Å². The summed E-state index contributed by atoms with van der Waals surface area (Å²) >= 11 is 0. The molecule has 1 unspecified atom stereocenters. The molecule has 0 aliphatic heterocycles. The molecule has 0 radical (unpaired) electrons. The van der Waals surface area contributed by atoms with Gasteiger partial charge in [-0.25, -0.2) is 4.39 Å². The third kappa shape index (κ3) is 3.85. The van der Waals surface area contributed by atoms with Crippen LogP contribution in [0.25, 0.3) is 0 Å². The second-order valence-electron chi connectivity index (χ2n) is 1.87. The number of rotatable bonds is 4. The lowest BCUT2D eigenvalue weighted by Crippen LogP contribution is -1.94. The highest BCUT2D eigenvalue weighted by atomic mass is 19.1. The van der Waals surface area contributed by atoms with Crippen LogP contribution in [0, 0.1) is 0 Å². The summed E-state index contributed by atoms with van der Waals surface area (Å²) in [5, 5.41) is 0. The van der Waals surface area contributed by atoms with Crippen molar-refractivity contribution in [1.29, 1.82) is 0 Å². The standard InChI is InChI=1S/C7H13F/c1-3-5-6-7(8)4-2/h3,7H,1,4-6H2,2H3. The Kier molecular flexibility index (Phi) is 4.62. The Hall–Kier alpha value is -0.330. The average molecular weight is 116 g/mol. The normalized spacial score (nSPS) is 13.2. The number of halogens is 1. The number of hydrogen-bond donors (Lipinski definition) is 0. The van der Waals surface area contributed by atoms with Gasteiger partial charge in [-0.15, -0.1) is 6.58 Å². The summed E-state index contributed by atoms with van der Waals surface area (Å²) < 4.78 is 12.3. The molecular formula is C7H13F. The van der Waals surface area contributed by atoms with Crippen molar-refractivity contribution in [2.45, 2.75) is 32.4 Å². The fourth-order valence-electron chi connectivity index (χ4n) is 0.503. The first-order chi connectivity index (χ1) is 3.81. The minimum atomic E-state index is -0.618. The molecule has 0 heterocycles. The molecule has 0 aromatic heterocycles. The molecular weight excluding hydrogens is 103 g/mol. The van der Waals surface area contributed by atoms with Crippen LogP contribution in [0.2, 0.25) is 0 Å². The average Bonchev–Trinajstić information content (AvgIpc) is 1.83. The summed E-state index contributed by atoms with van der Waals surface area (Å²) in [6, 6.07) is 0. The number of hydrogen-bond acceptors (Lipinski definition) is 0. The second kappa shape index (κ2) is 4.82. The summed E-state index contributed by atoms with van der Waals surface area (Å²) in [4.78, 5) is 0. The molecule has 0 nitrogen and oxygen atoms in total. The van der Waals surface area contributed by atoms with Gasteiger partial charge in [-0.2, -0.15) is 0 Å².